The molecule has 0 unspecified atom stereocenters. The standard InChI is InChI=1S/C20H28N6O2/c1-23(2)17-8-5-7-15(11-17)19(27)21-13-16-12-18-14-25(20(28)24(3)4)9-6-10-26(18)22-16/h5,7-8,11-12H,6,9-10,13-14H2,1-4H3,(H,21,27). The number of fused-ring (bicyclic) bond motifs is 1. The molecular formula is C20H28N6O2. The van der Waals surface area contributed by atoms with Crippen LogP contribution in [0.1, 0.15) is 28.2 Å². The van der Waals surface area contributed by atoms with E-state index in [2.05, 4.69) is 10.4 Å². The van der Waals surface area contributed by atoms with Crippen molar-refractivity contribution in [3.63, 3.8) is 0 Å². The maximum Gasteiger partial charge on any atom is 0.319 e. The lowest BCUT2D eigenvalue weighted by Crippen LogP contribution is -2.38. The lowest BCUT2D eigenvalue weighted by Gasteiger charge is -2.23. The second-order valence-electron chi connectivity index (χ2n) is 7.43. The molecule has 1 aliphatic rings. The molecule has 0 saturated heterocycles. The predicted molar refractivity (Wildman–Crippen MR) is 108 cm³/mol. The summed E-state index contributed by atoms with van der Waals surface area (Å²) in [4.78, 5) is 30.1. The zero-order chi connectivity index (χ0) is 20.3. The highest BCUT2D eigenvalue weighted by Crippen LogP contribution is 2.16. The van der Waals surface area contributed by atoms with Gasteiger partial charge in [-0.05, 0) is 30.7 Å². The second kappa shape index (κ2) is 8.33. The Labute approximate surface area is 165 Å². The summed E-state index contributed by atoms with van der Waals surface area (Å²) in [5.74, 6) is -0.128. The highest BCUT2D eigenvalue weighted by Gasteiger charge is 2.21. The van der Waals surface area contributed by atoms with E-state index in [1.807, 2.05) is 52.8 Å². The fourth-order valence-corrected chi connectivity index (χ4v) is 3.25. The third-order valence-corrected chi connectivity index (χ3v) is 4.77. The van der Waals surface area contributed by atoms with Crippen molar-refractivity contribution in [2.45, 2.75) is 26.1 Å². The van der Waals surface area contributed by atoms with E-state index in [9.17, 15) is 9.59 Å². The van der Waals surface area contributed by atoms with Crippen LogP contribution in [0.25, 0.3) is 0 Å². The average Bonchev–Trinajstić information content (AvgIpc) is 2.95. The van der Waals surface area contributed by atoms with E-state index in [1.165, 1.54) is 0 Å². The van der Waals surface area contributed by atoms with Gasteiger partial charge in [-0.3, -0.25) is 9.48 Å². The van der Waals surface area contributed by atoms with Crippen molar-refractivity contribution < 1.29 is 9.59 Å². The van der Waals surface area contributed by atoms with E-state index in [-0.39, 0.29) is 11.9 Å². The van der Waals surface area contributed by atoms with E-state index in [4.69, 9.17) is 0 Å². The maximum atomic E-state index is 12.5. The number of amides is 3. The van der Waals surface area contributed by atoms with Gasteiger partial charge < -0.3 is 20.0 Å². The van der Waals surface area contributed by atoms with Crippen LogP contribution in [0.15, 0.2) is 30.3 Å². The van der Waals surface area contributed by atoms with Crippen LogP contribution in [-0.4, -0.2) is 66.3 Å². The summed E-state index contributed by atoms with van der Waals surface area (Å²) in [6.45, 7) is 2.37. The number of hydrogen-bond acceptors (Lipinski definition) is 4. The van der Waals surface area contributed by atoms with E-state index in [1.54, 1.807) is 25.1 Å². The van der Waals surface area contributed by atoms with Gasteiger partial charge in [0.2, 0.25) is 0 Å². The van der Waals surface area contributed by atoms with Crippen LogP contribution in [0.2, 0.25) is 0 Å². The first-order valence-electron chi connectivity index (χ1n) is 9.42. The van der Waals surface area contributed by atoms with Crippen LogP contribution < -0.4 is 10.2 Å². The van der Waals surface area contributed by atoms with Gasteiger partial charge in [-0.25, -0.2) is 4.79 Å². The van der Waals surface area contributed by atoms with Crippen molar-refractivity contribution in [1.29, 1.82) is 0 Å². The topological polar surface area (TPSA) is 73.7 Å². The molecular weight excluding hydrogens is 356 g/mol. The number of aryl methyl sites for hydroxylation is 1. The summed E-state index contributed by atoms with van der Waals surface area (Å²) in [7, 11) is 7.41. The average molecular weight is 384 g/mol. The molecule has 0 spiro atoms. The molecule has 150 valence electrons. The van der Waals surface area contributed by atoms with Gasteiger partial charge in [0.25, 0.3) is 5.91 Å². The summed E-state index contributed by atoms with van der Waals surface area (Å²) in [5, 5.41) is 7.54. The molecule has 1 aromatic carbocycles. The number of urea groups is 1. The van der Waals surface area contributed by atoms with Crippen molar-refractivity contribution in [1.82, 2.24) is 24.9 Å². The molecule has 1 N–H and O–H groups in total. The van der Waals surface area contributed by atoms with Gasteiger partial charge in [-0.15, -0.1) is 0 Å². The van der Waals surface area contributed by atoms with Crippen LogP contribution >= 0.6 is 0 Å². The number of benzene rings is 1. The number of anilines is 1. The Morgan fingerprint density at radius 2 is 1.93 bits per heavy atom. The third-order valence-electron chi connectivity index (χ3n) is 4.77. The maximum absolute atomic E-state index is 12.5. The van der Waals surface area contributed by atoms with Crippen molar-refractivity contribution in [2.75, 3.05) is 39.6 Å². The second-order valence-corrected chi connectivity index (χ2v) is 7.43. The molecule has 0 fully saturated rings. The van der Waals surface area contributed by atoms with Gasteiger partial charge in [0.15, 0.2) is 0 Å². The zero-order valence-electron chi connectivity index (χ0n) is 17.0. The molecule has 28 heavy (non-hydrogen) atoms. The lowest BCUT2D eigenvalue weighted by atomic mass is 10.2. The van der Waals surface area contributed by atoms with E-state index < -0.39 is 0 Å². The molecule has 8 nitrogen and oxygen atoms in total. The lowest BCUT2D eigenvalue weighted by molar-refractivity contribution is 0.0950. The normalized spacial score (nSPS) is 13.5. The monoisotopic (exact) mass is 384 g/mol. The van der Waals surface area contributed by atoms with Crippen LogP contribution in [0.5, 0.6) is 0 Å². The third kappa shape index (κ3) is 4.44. The Bertz CT molecular complexity index is 858. The van der Waals surface area contributed by atoms with Crippen LogP contribution in [0, 0.1) is 0 Å². The van der Waals surface area contributed by atoms with Crippen molar-refractivity contribution in [3.8, 4) is 0 Å². The number of hydrogen-bond donors (Lipinski definition) is 1. The van der Waals surface area contributed by atoms with Gasteiger partial charge >= 0.3 is 6.03 Å². The number of nitrogens with one attached hydrogen (secondary N) is 1. The largest absolute Gasteiger partial charge is 0.378 e. The molecule has 2 heterocycles. The fourth-order valence-electron chi connectivity index (χ4n) is 3.25. The highest BCUT2D eigenvalue weighted by atomic mass is 16.2. The number of carbonyl (C=O) groups is 2. The van der Waals surface area contributed by atoms with Gasteiger partial charge in [0, 0.05) is 52.5 Å². The summed E-state index contributed by atoms with van der Waals surface area (Å²) in [6.07, 6.45) is 0.859. The predicted octanol–water partition coefficient (Wildman–Crippen LogP) is 1.77. The molecule has 3 amide bonds. The SMILES string of the molecule is CN(C)C(=O)N1CCCn2nc(CNC(=O)c3cccc(N(C)C)c3)cc2C1. The van der Waals surface area contributed by atoms with Crippen LogP contribution in [0.3, 0.4) is 0 Å². The van der Waals surface area contributed by atoms with E-state index in [0.717, 1.165) is 30.0 Å². The zero-order valence-corrected chi connectivity index (χ0v) is 17.0. The smallest absolute Gasteiger partial charge is 0.319 e. The quantitative estimate of drug-likeness (QED) is 0.872. The van der Waals surface area contributed by atoms with Crippen molar-refractivity contribution in [2.24, 2.45) is 0 Å². The molecule has 2 aromatic rings. The van der Waals surface area contributed by atoms with E-state index in [0.29, 0.717) is 25.2 Å². The highest BCUT2D eigenvalue weighted by molar-refractivity contribution is 5.95. The summed E-state index contributed by atoms with van der Waals surface area (Å²) in [5.41, 5.74) is 3.39. The first-order valence-corrected chi connectivity index (χ1v) is 9.42. The van der Waals surface area contributed by atoms with Gasteiger partial charge in [-0.2, -0.15) is 5.10 Å². The Kier molecular flexibility index (Phi) is 5.87. The first kappa shape index (κ1) is 19.7. The minimum Gasteiger partial charge on any atom is -0.378 e. The number of rotatable bonds is 4. The van der Waals surface area contributed by atoms with Crippen molar-refractivity contribution in [3.05, 3.63) is 47.3 Å². The van der Waals surface area contributed by atoms with Crippen molar-refractivity contribution >= 4 is 17.6 Å². The Morgan fingerprint density at radius 1 is 1.14 bits per heavy atom. The van der Waals surface area contributed by atoms with E-state index >= 15 is 0 Å². The molecule has 8 heteroatoms. The summed E-state index contributed by atoms with van der Waals surface area (Å²) < 4.78 is 1.94. The van der Waals surface area contributed by atoms with Gasteiger partial charge in [0.1, 0.15) is 0 Å². The Hall–Kier alpha value is -3.03. The van der Waals surface area contributed by atoms with Gasteiger partial charge in [-0.1, -0.05) is 6.07 Å². The minimum atomic E-state index is -0.128. The molecule has 0 atom stereocenters. The van der Waals surface area contributed by atoms with Gasteiger partial charge in [0.05, 0.1) is 24.5 Å². The van der Waals surface area contributed by atoms with Crippen LogP contribution in [0.4, 0.5) is 10.5 Å². The Balaban J connectivity index is 1.65. The Morgan fingerprint density at radius 3 is 2.64 bits per heavy atom. The number of nitrogens with zero attached hydrogens (tertiary/aromatic N) is 5. The minimum absolute atomic E-state index is 0.00489. The summed E-state index contributed by atoms with van der Waals surface area (Å²) >= 11 is 0. The fraction of sp³-hybridized carbons (Fsp3) is 0.450. The van der Waals surface area contributed by atoms with Crippen LogP contribution in [-0.2, 0) is 19.6 Å². The summed E-state index contributed by atoms with van der Waals surface area (Å²) in [6, 6.07) is 9.48. The number of carbonyl (C=O) groups excluding carboxylic acids is 2. The molecule has 0 bridgehead atoms. The number of aromatic nitrogens is 2. The molecule has 0 radical (unpaired) electrons. The molecule has 1 aliphatic heterocycles. The molecule has 3 rings (SSSR count). The molecule has 0 aliphatic carbocycles. The molecule has 1 aromatic heterocycles. The first-order chi connectivity index (χ1) is 13.3. The molecule has 0 saturated carbocycles.